The van der Waals surface area contributed by atoms with E-state index in [0.717, 1.165) is 32.2 Å². The van der Waals surface area contributed by atoms with Crippen LogP contribution in [0.2, 0.25) is 0 Å². The van der Waals surface area contributed by atoms with Gasteiger partial charge < -0.3 is 9.84 Å². The normalized spacial score (nSPS) is 24.7. The first kappa shape index (κ1) is 18.9. The molecule has 2 unspecified atom stereocenters. The third kappa shape index (κ3) is 3.27. The van der Waals surface area contributed by atoms with Crippen LogP contribution in [0.25, 0.3) is 0 Å². The lowest BCUT2D eigenvalue weighted by atomic mass is 9.86. The van der Waals surface area contributed by atoms with Gasteiger partial charge in [0.25, 0.3) is 0 Å². The van der Waals surface area contributed by atoms with Gasteiger partial charge in [-0.25, -0.2) is 4.79 Å². The number of nitrogens with zero attached hydrogens (tertiary/aromatic N) is 1. The van der Waals surface area contributed by atoms with Crippen LogP contribution in [-0.4, -0.2) is 40.7 Å². The molecule has 4 heteroatoms. The molecule has 0 amide bonds. The molecule has 1 N–H and O–H groups in total. The van der Waals surface area contributed by atoms with Crippen LogP contribution in [0.1, 0.15) is 36.8 Å². The molecular formula is C24H27NO3. The number of ether oxygens (including phenoxy) is 1. The fourth-order valence-corrected chi connectivity index (χ4v) is 4.78. The van der Waals surface area contributed by atoms with Gasteiger partial charge in [-0.05, 0) is 36.8 Å². The molecule has 2 aromatic rings. The van der Waals surface area contributed by atoms with Crippen LogP contribution in [0.3, 0.4) is 0 Å². The molecular weight excluding hydrogens is 350 g/mol. The van der Waals surface area contributed by atoms with Crippen LogP contribution >= 0.6 is 0 Å². The number of esters is 1. The van der Waals surface area contributed by atoms with Crippen LogP contribution in [0.4, 0.5) is 0 Å². The molecule has 0 spiro atoms. The molecule has 4 rings (SSSR count). The zero-order chi connectivity index (χ0) is 19.6. The fourth-order valence-electron chi connectivity index (χ4n) is 4.78. The smallest absolute Gasteiger partial charge is 0.348 e. The lowest BCUT2D eigenvalue weighted by Gasteiger charge is -2.40. The third-order valence-corrected chi connectivity index (χ3v) is 6.18. The van der Waals surface area contributed by atoms with Gasteiger partial charge in [0.05, 0.1) is 0 Å². The van der Waals surface area contributed by atoms with Crippen molar-refractivity contribution in [2.24, 2.45) is 0 Å². The first-order valence-corrected chi connectivity index (χ1v) is 10.1. The number of hydrogen-bond donors (Lipinski definition) is 1. The highest BCUT2D eigenvalue weighted by molar-refractivity contribution is 5.85. The maximum Gasteiger partial charge on any atom is 0.348 e. The molecule has 2 aromatic carbocycles. The monoisotopic (exact) mass is 377 g/mol. The number of aliphatic hydroxyl groups is 1. The van der Waals surface area contributed by atoms with Crippen molar-refractivity contribution in [3.05, 3.63) is 84.4 Å². The average molecular weight is 377 g/mol. The van der Waals surface area contributed by atoms with E-state index in [1.54, 1.807) is 24.3 Å². The molecule has 0 saturated carbocycles. The third-order valence-electron chi connectivity index (χ3n) is 6.18. The van der Waals surface area contributed by atoms with E-state index in [1.807, 2.05) is 42.5 Å². The quantitative estimate of drug-likeness (QED) is 0.617. The molecule has 0 aromatic heterocycles. The second-order valence-corrected chi connectivity index (χ2v) is 7.75. The van der Waals surface area contributed by atoms with Crippen LogP contribution in [0.5, 0.6) is 0 Å². The van der Waals surface area contributed by atoms with E-state index in [4.69, 9.17) is 4.74 Å². The predicted molar refractivity (Wildman–Crippen MR) is 109 cm³/mol. The summed E-state index contributed by atoms with van der Waals surface area (Å²) >= 11 is 0. The highest BCUT2D eigenvalue weighted by atomic mass is 16.6. The summed E-state index contributed by atoms with van der Waals surface area (Å²) in [6.45, 7) is 4.68. The van der Waals surface area contributed by atoms with E-state index in [1.165, 1.54) is 0 Å². The number of carbonyl (C=O) groups excluding carboxylic acids is 1. The van der Waals surface area contributed by atoms with E-state index >= 15 is 0 Å². The van der Waals surface area contributed by atoms with Crippen LogP contribution in [0.15, 0.2) is 73.3 Å². The minimum atomic E-state index is -1.82. The Kier molecular flexibility index (Phi) is 5.33. The Bertz CT molecular complexity index is 781. The summed E-state index contributed by atoms with van der Waals surface area (Å²) < 4.78 is 6.01. The Morgan fingerprint density at radius 2 is 1.61 bits per heavy atom. The zero-order valence-corrected chi connectivity index (χ0v) is 16.0. The summed E-state index contributed by atoms with van der Waals surface area (Å²) in [6.07, 6.45) is 5.72. The molecule has 2 heterocycles. The summed E-state index contributed by atoms with van der Waals surface area (Å²) in [5.74, 6) is -0.598. The molecule has 2 saturated heterocycles. The van der Waals surface area contributed by atoms with Gasteiger partial charge in [-0.3, -0.25) is 4.90 Å². The van der Waals surface area contributed by atoms with E-state index in [0.29, 0.717) is 17.2 Å². The molecule has 146 valence electrons. The molecule has 2 aliphatic rings. The van der Waals surface area contributed by atoms with E-state index in [-0.39, 0.29) is 12.1 Å². The van der Waals surface area contributed by atoms with E-state index < -0.39 is 11.6 Å². The van der Waals surface area contributed by atoms with Crippen LogP contribution < -0.4 is 0 Å². The van der Waals surface area contributed by atoms with Crippen molar-refractivity contribution in [3.8, 4) is 0 Å². The SMILES string of the molecule is C=CCN1C2CCC(OC(=O)C(O)(c3ccccc3)c3ccccc3)[C@@H]1CC2. The second kappa shape index (κ2) is 7.90. The number of piperidine rings is 1. The van der Waals surface area contributed by atoms with Gasteiger partial charge in [-0.1, -0.05) is 66.7 Å². The Morgan fingerprint density at radius 3 is 2.18 bits per heavy atom. The van der Waals surface area contributed by atoms with Gasteiger partial charge in [-0.2, -0.15) is 0 Å². The van der Waals surface area contributed by atoms with Crippen molar-refractivity contribution in [1.29, 1.82) is 0 Å². The highest BCUT2D eigenvalue weighted by Gasteiger charge is 2.47. The number of fused-ring (bicyclic) bond motifs is 2. The van der Waals surface area contributed by atoms with E-state index in [2.05, 4.69) is 11.5 Å². The maximum absolute atomic E-state index is 13.4. The summed E-state index contributed by atoms with van der Waals surface area (Å²) in [4.78, 5) is 15.8. The molecule has 0 radical (unpaired) electrons. The van der Waals surface area contributed by atoms with Crippen molar-refractivity contribution in [3.63, 3.8) is 0 Å². The summed E-state index contributed by atoms with van der Waals surface area (Å²) in [6, 6.07) is 18.9. The second-order valence-electron chi connectivity index (χ2n) is 7.75. The van der Waals surface area contributed by atoms with E-state index in [9.17, 15) is 9.90 Å². The predicted octanol–water partition coefficient (Wildman–Crippen LogP) is 3.65. The van der Waals surface area contributed by atoms with Crippen LogP contribution in [0, 0.1) is 0 Å². The Labute approximate surface area is 166 Å². The zero-order valence-electron chi connectivity index (χ0n) is 16.0. The van der Waals surface area contributed by atoms with Gasteiger partial charge in [0.1, 0.15) is 6.10 Å². The van der Waals surface area contributed by atoms with Gasteiger partial charge >= 0.3 is 5.97 Å². The Morgan fingerprint density at radius 1 is 1.04 bits per heavy atom. The average Bonchev–Trinajstić information content (AvgIpc) is 3.02. The van der Waals surface area contributed by atoms with Gasteiger partial charge in [0, 0.05) is 18.6 Å². The van der Waals surface area contributed by atoms with Crippen molar-refractivity contribution in [1.82, 2.24) is 4.90 Å². The summed E-state index contributed by atoms with van der Waals surface area (Å²) in [5.41, 5.74) is -0.773. The summed E-state index contributed by atoms with van der Waals surface area (Å²) in [7, 11) is 0. The number of benzene rings is 2. The molecule has 2 bridgehead atoms. The number of carbonyl (C=O) groups is 1. The van der Waals surface area contributed by atoms with Crippen molar-refractivity contribution >= 4 is 5.97 Å². The largest absolute Gasteiger partial charge is 0.458 e. The summed E-state index contributed by atoms with van der Waals surface area (Å²) in [5, 5.41) is 11.6. The van der Waals surface area contributed by atoms with Crippen LogP contribution in [-0.2, 0) is 15.1 Å². The first-order chi connectivity index (χ1) is 13.6. The first-order valence-electron chi connectivity index (χ1n) is 10.1. The number of hydrogen-bond acceptors (Lipinski definition) is 4. The van der Waals surface area contributed by atoms with Crippen molar-refractivity contribution in [2.75, 3.05) is 6.54 Å². The Balaban J connectivity index is 1.63. The molecule has 2 aliphatic heterocycles. The standard InChI is InChI=1S/C24H27NO3/c1-2-17-25-20-13-15-21(25)22(16-14-20)28-23(26)24(27,18-9-5-3-6-10-18)19-11-7-4-8-12-19/h2-12,20-22,27H,1,13-17H2/t20?,21-,22?/m0/s1. The molecule has 4 nitrogen and oxygen atoms in total. The molecule has 0 aliphatic carbocycles. The lowest BCUT2D eigenvalue weighted by Crippen LogP contribution is -2.51. The maximum atomic E-state index is 13.4. The topological polar surface area (TPSA) is 49.8 Å². The minimum absolute atomic E-state index is 0.204. The fraction of sp³-hybridized carbons (Fsp3) is 0.375. The van der Waals surface area contributed by atoms with Crippen molar-refractivity contribution in [2.45, 2.75) is 49.5 Å². The molecule has 3 atom stereocenters. The van der Waals surface area contributed by atoms with Gasteiger partial charge in [0.2, 0.25) is 5.60 Å². The molecule has 28 heavy (non-hydrogen) atoms. The highest BCUT2D eigenvalue weighted by Crippen LogP contribution is 2.39. The van der Waals surface area contributed by atoms with Gasteiger partial charge in [0.15, 0.2) is 0 Å². The lowest BCUT2D eigenvalue weighted by molar-refractivity contribution is -0.173. The van der Waals surface area contributed by atoms with Crippen molar-refractivity contribution < 1.29 is 14.6 Å². The molecule has 2 fully saturated rings. The number of rotatable bonds is 6. The van der Waals surface area contributed by atoms with Gasteiger partial charge in [-0.15, -0.1) is 6.58 Å². The minimum Gasteiger partial charge on any atom is -0.458 e. The Hall–Kier alpha value is -2.43.